The summed E-state index contributed by atoms with van der Waals surface area (Å²) in [5.74, 6) is 0.808. The zero-order valence-corrected chi connectivity index (χ0v) is 14.9. The molecule has 0 radical (unpaired) electrons. The highest BCUT2D eigenvalue weighted by atomic mass is 19.1. The van der Waals surface area contributed by atoms with Gasteiger partial charge in [-0.05, 0) is 66.8 Å². The Kier molecular flexibility index (Phi) is 4.59. The Balaban J connectivity index is 1.41. The number of hydrogen-bond acceptors (Lipinski definition) is 3. The molecule has 0 bridgehead atoms. The van der Waals surface area contributed by atoms with Crippen LogP contribution in [0.25, 0.3) is 0 Å². The van der Waals surface area contributed by atoms with Gasteiger partial charge in [0.1, 0.15) is 17.3 Å². The van der Waals surface area contributed by atoms with Crippen LogP contribution in [0.1, 0.15) is 23.5 Å². The standard InChI is InChI=1S/C22H19FN2O2/c1-14-11-15(8-9-21(14)27-16-5-4-10-24-13-16)25-22(26)19-12-18(19)17-6-2-3-7-20(17)23/h2-11,13,18-19H,12H2,1H3,(H,25,26). The van der Waals surface area contributed by atoms with Crippen molar-refractivity contribution in [2.24, 2.45) is 5.92 Å². The molecule has 1 heterocycles. The Morgan fingerprint density at radius 1 is 1.19 bits per heavy atom. The summed E-state index contributed by atoms with van der Waals surface area (Å²) in [6.45, 7) is 1.92. The molecule has 1 amide bonds. The van der Waals surface area contributed by atoms with Gasteiger partial charge < -0.3 is 10.1 Å². The molecule has 2 aromatic carbocycles. The Morgan fingerprint density at radius 3 is 2.78 bits per heavy atom. The van der Waals surface area contributed by atoms with Crippen LogP contribution in [0.2, 0.25) is 0 Å². The molecule has 1 aliphatic carbocycles. The topological polar surface area (TPSA) is 51.2 Å². The van der Waals surface area contributed by atoms with Gasteiger partial charge in [0, 0.05) is 17.8 Å². The van der Waals surface area contributed by atoms with E-state index in [1.54, 1.807) is 42.7 Å². The molecule has 1 aromatic heterocycles. The van der Waals surface area contributed by atoms with Crippen LogP contribution < -0.4 is 10.1 Å². The molecule has 0 saturated heterocycles. The molecule has 136 valence electrons. The van der Waals surface area contributed by atoms with E-state index in [4.69, 9.17) is 4.74 Å². The Morgan fingerprint density at radius 2 is 2.04 bits per heavy atom. The van der Waals surface area contributed by atoms with Crippen molar-refractivity contribution in [2.45, 2.75) is 19.3 Å². The van der Waals surface area contributed by atoms with Crippen LogP contribution in [-0.2, 0) is 4.79 Å². The van der Waals surface area contributed by atoms with Gasteiger partial charge >= 0.3 is 0 Å². The van der Waals surface area contributed by atoms with Crippen LogP contribution in [0, 0.1) is 18.7 Å². The summed E-state index contributed by atoms with van der Waals surface area (Å²) < 4.78 is 19.7. The number of pyridine rings is 1. The van der Waals surface area contributed by atoms with Crippen molar-refractivity contribution in [3.05, 3.63) is 83.9 Å². The number of aryl methyl sites for hydroxylation is 1. The summed E-state index contributed by atoms with van der Waals surface area (Å²) in [5, 5.41) is 2.93. The van der Waals surface area contributed by atoms with Gasteiger partial charge in [0.25, 0.3) is 0 Å². The van der Waals surface area contributed by atoms with Gasteiger partial charge in [-0.1, -0.05) is 18.2 Å². The lowest BCUT2D eigenvalue weighted by Gasteiger charge is -2.11. The molecule has 2 atom stereocenters. The molecule has 27 heavy (non-hydrogen) atoms. The lowest BCUT2D eigenvalue weighted by atomic mass is 10.1. The maximum absolute atomic E-state index is 13.9. The van der Waals surface area contributed by atoms with E-state index in [0.29, 0.717) is 29.2 Å². The second-order valence-corrected chi connectivity index (χ2v) is 6.73. The first-order chi connectivity index (χ1) is 13.1. The van der Waals surface area contributed by atoms with Crippen molar-refractivity contribution in [3.63, 3.8) is 0 Å². The average Bonchev–Trinajstić information content (AvgIpc) is 3.46. The normalized spacial score (nSPS) is 18.0. The molecular formula is C22H19FN2O2. The molecule has 0 spiro atoms. The Labute approximate surface area is 157 Å². The number of hydrogen-bond donors (Lipinski definition) is 1. The van der Waals surface area contributed by atoms with Gasteiger partial charge in [0.05, 0.1) is 6.20 Å². The highest BCUT2D eigenvalue weighted by Gasteiger charge is 2.45. The maximum atomic E-state index is 13.9. The van der Waals surface area contributed by atoms with Crippen LogP contribution in [-0.4, -0.2) is 10.9 Å². The van der Waals surface area contributed by atoms with Gasteiger partial charge in [-0.15, -0.1) is 0 Å². The lowest BCUT2D eigenvalue weighted by Crippen LogP contribution is -2.14. The van der Waals surface area contributed by atoms with Gasteiger partial charge in [-0.25, -0.2) is 4.39 Å². The molecule has 4 nitrogen and oxygen atoms in total. The number of carbonyl (C=O) groups is 1. The van der Waals surface area contributed by atoms with E-state index in [9.17, 15) is 9.18 Å². The minimum atomic E-state index is -0.245. The molecule has 1 aliphatic rings. The van der Waals surface area contributed by atoms with Gasteiger partial charge in [-0.2, -0.15) is 0 Å². The highest BCUT2D eigenvalue weighted by Crippen LogP contribution is 2.48. The van der Waals surface area contributed by atoms with E-state index in [-0.39, 0.29) is 23.6 Å². The second-order valence-electron chi connectivity index (χ2n) is 6.73. The molecule has 5 heteroatoms. The largest absolute Gasteiger partial charge is 0.455 e. The third-order valence-corrected chi connectivity index (χ3v) is 4.74. The van der Waals surface area contributed by atoms with Crippen molar-refractivity contribution < 1.29 is 13.9 Å². The molecule has 0 aliphatic heterocycles. The summed E-state index contributed by atoms with van der Waals surface area (Å²) >= 11 is 0. The zero-order valence-electron chi connectivity index (χ0n) is 14.9. The first-order valence-corrected chi connectivity index (χ1v) is 8.85. The number of benzene rings is 2. The molecule has 1 N–H and O–H groups in total. The molecule has 2 unspecified atom stereocenters. The summed E-state index contributed by atoms with van der Waals surface area (Å²) in [4.78, 5) is 16.5. The smallest absolute Gasteiger partial charge is 0.228 e. The monoisotopic (exact) mass is 362 g/mol. The first-order valence-electron chi connectivity index (χ1n) is 8.85. The van der Waals surface area contributed by atoms with Crippen molar-refractivity contribution in [1.82, 2.24) is 4.98 Å². The van der Waals surface area contributed by atoms with Crippen molar-refractivity contribution in [2.75, 3.05) is 5.32 Å². The lowest BCUT2D eigenvalue weighted by molar-refractivity contribution is -0.117. The van der Waals surface area contributed by atoms with Crippen molar-refractivity contribution >= 4 is 11.6 Å². The van der Waals surface area contributed by atoms with Crippen LogP contribution in [0.4, 0.5) is 10.1 Å². The molecule has 1 saturated carbocycles. The number of aromatic nitrogens is 1. The third kappa shape index (κ3) is 3.82. The van der Waals surface area contributed by atoms with E-state index in [2.05, 4.69) is 10.3 Å². The maximum Gasteiger partial charge on any atom is 0.228 e. The van der Waals surface area contributed by atoms with Gasteiger partial charge in [0.15, 0.2) is 0 Å². The van der Waals surface area contributed by atoms with Crippen LogP contribution in [0.5, 0.6) is 11.5 Å². The van der Waals surface area contributed by atoms with Crippen molar-refractivity contribution in [1.29, 1.82) is 0 Å². The number of nitrogens with zero attached hydrogens (tertiary/aromatic N) is 1. The second kappa shape index (κ2) is 7.19. The molecule has 4 rings (SSSR count). The average molecular weight is 362 g/mol. The highest BCUT2D eigenvalue weighted by molar-refractivity contribution is 5.95. The quantitative estimate of drug-likeness (QED) is 0.690. The van der Waals surface area contributed by atoms with E-state index in [1.807, 2.05) is 25.1 Å². The third-order valence-electron chi connectivity index (χ3n) is 4.74. The minimum absolute atomic E-state index is 0.0412. The Bertz CT molecular complexity index is 975. The summed E-state index contributed by atoms with van der Waals surface area (Å²) in [5.41, 5.74) is 2.22. The van der Waals surface area contributed by atoms with Gasteiger partial charge in [-0.3, -0.25) is 9.78 Å². The van der Waals surface area contributed by atoms with Crippen LogP contribution >= 0.6 is 0 Å². The molecule has 3 aromatic rings. The number of amides is 1. The van der Waals surface area contributed by atoms with Gasteiger partial charge in [0.2, 0.25) is 5.91 Å². The van der Waals surface area contributed by atoms with E-state index in [0.717, 1.165) is 5.56 Å². The van der Waals surface area contributed by atoms with E-state index in [1.165, 1.54) is 6.07 Å². The van der Waals surface area contributed by atoms with E-state index < -0.39 is 0 Å². The van der Waals surface area contributed by atoms with Crippen LogP contribution in [0.15, 0.2) is 67.0 Å². The number of nitrogens with one attached hydrogen (secondary N) is 1. The zero-order chi connectivity index (χ0) is 18.8. The summed E-state index contributed by atoms with van der Waals surface area (Å²) in [6, 6.07) is 15.8. The predicted octanol–water partition coefficient (Wildman–Crippen LogP) is 5.06. The van der Waals surface area contributed by atoms with E-state index >= 15 is 0 Å². The number of carbonyl (C=O) groups excluding carboxylic acids is 1. The molecule has 1 fully saturated rings. The summed E-state index contributed by atoms with van der Waals surface area (Å²) in [7, 11) is 0. The Hall–Kier alpha value is -3.21. The fraction of sp³-hybridized carbons (Fsp3) is 0.182. The number of ether oxygens (including phenoxy) is 1. The first kappa shape index (κ1) is 17.2. The minimum Gasteiger partial charge on any atom is -0.455 e. The predicted molar refractivity (Wildman–Crippen MR) is 101 cm³/mol. The fourth-order valence-corrected chi connectivity index (χ4v) is 3.22. The molecular weight excluding hydrogens is 343 g/mol. The SMILES string of the molecule is Cc1cc(NC(=O)C2CC2c2ccccc2F)ccc1Oc1cccnc1. The fourth-order valence-electron chi connectivity index (χ4n) is 3.22. The number of rotatable bonds is 5. The number of halogens is 1. The van der Waals surface area contributed by atoms with Crippen LogP contribution in [0.3, 0.4) is 0 Å². The summed E-state index contributed by atoms with van der Waals surface area (Å²) in [6.07, 6.45) is 4.00. The number of anilines is 1. The van der Waals surface area contributed by atoms with Crippen molar-refractivity contribution in [3.8, 4) is 11.5 Å².